The van der Waals surface area contributed by atoms with Gasteiger partial charge in [-0.2, -0.15) is 0 Å². The molecule has 0 radical (unpaired) electrons. The molecule has 2 aromatic rings. The van der Waals surface area contributed by atoms with Gasteiger partial charge in [-0.3, -0.25) is 14.4 Å². The first-order chi connectivity index (χ1) is 14.6. The first kappa shape index (κ1) is 21.4. The number of nitrogens with zero attached hydrogens (tertiary/aromatic N) is 1. The minimum absolute atomic E-state index is 0.0160. The van der Waals surface area contributed by atoms with Crippen molar-refractivity contribution in [1.82, 2.24) is 10.2 Å². The Morgan fingerprint density at radius 2 is 1.57 bits per heavy atom. The zero-order valence-corrected chi connectivity index (χ0v) is 17.2. The molecule has 0 aliphatic carbocycles. The lowest BCUT2D eigenvalue weighted by Gasteiger charge is -2.20. The number of hydrogen-bond acceptors (Lipinski definition) is 4. The van der Waals surface area contributed by atoms with Crippen LogP contribution in [0.15, 0.2) is 48.5 Å². The van der Waals surface area contributed by atoms with Gasteiger partial charge in [-0.15, -0.1) is 0 Å². The summed E-state index contributed by atoms with van der Waals surface area (Å²) in [5, 5.41) is 8.42. The minimum Gasteiger partial charge on any atom is -0.376 e. The maximum absolute atomic E-state index is 12.8. The Morgan fingerprint density at radius 1 is 0.867 bits per heavy atom. The second kappa shape index (κ2) is 10.4. The van der Waals surface area contributed by atoms with Gasteiger partial charge in [0.05, 0.1) is 6.54 Å². The molecule has 0 unspecified atom stereocenters. The monoisotopic (exact) mass is 408 g/mol. The molecule has 0 spiro atoms. The largest absolute Gasteiger partial charge is 0.376 e. The van der Waals surface area contributed by atoms with Crippen molar-refractivity contribution in [2.24, 2.45) is 0 Å². The van der Waals surface area contributed by atoms with Crippen LogP contribution in [0, 0.1) is 0 Å². The molecule has 0 saturated carbocycles. The van der Waals surface area contributed by atoms with Crippen LogP contribution in [0.25, 0.3) is 0 Å². The van der Waals surface area contributed by atoms with Gasteiger partial charge < -0.3 is 20.9 Å². The number of carbonyl (C=O) groups is 3. The van der Waals surface area contributed by atoms with E-state index in [9.17, 15) is 14.4 Å². The van der Waals surface area contributed by atoms with E-state index in [2.05, 4.69) is 16.0 Å². The van der Waals surface area contributed by atoms with Crippen molar-refractivity contribution in [3.05, 3.63) is 59.7 Å². The Morgan fingerprint density at radius 3 is 2.23 bits per heavy atom. The molecule has 0 aromatic heterocycles. The van der Waals surface area contributed by atoms with Crippen LogP contribution >= 0.6 is 0 Å². The number of likely N-dealkylation sites (tertiary alicyclic amines) is 1. The van der Waals surface area contributed by atoms with Crippen LogP contribution in [-0.2, 0) is 4.79 Å². The van der Waals surface area contributed by atoms with Crippen molar-refractivity contribution in [2.75, 3.05) is 37.3 Å². The molecule has 0 atom stereocenters. The Bertz CT molecular complexity index is 888. The van der Waals surface area contributed by atoms with E-state index < -0.39 is 0 Å². The van der Waals surface area contributed by atoms with Crippen molar-refractivity contribution >= 4 is 29.1 Å². The Balaban J connectivity index is 1.54. The van der Waals surface area contributed by atoms with Crippen molar-refractivity contribution in [2.45, 2.75) is 25.7 Å². The number of carbonyl (C=O) groups excluding carboxylic acids is 3. The number of amides is 3. The average Bonchev–Trinajstić information content (AvgIpc) is 3.07. The summed E-state index contributed by atoms with van der Waals surface area (Å²) in [4.78, 5) is 38.5. The van der Waals surface area contributed by atoms with Crippen LogP contribution in [0.3, 0.4) is 0 Å². The molecule has 3 amide bonds. The molecule has 1 fully saturated rings. The van der Waals surface area contributed by atoms with E-state index in [1.54, 1.807) is 55.6 Å². The zero-order valence-electron chi connectivity index (χ0n) is 17.2. The number of rotatable bonds is 6. The number of anilines is 2. The first-order valence-electron chi connectivity index (χ1n) is 10.3. The smallest absolute Gasteiger partial charge is 0.253 e. The van der Waals surface area contributed by atoms with Gasteiger partial charge in [-0.25, -0.2) is 0 Å². The summed E-state index contributed by atoms with van der Waals surface area (Å²) in [6.07, 6.45) is 4.42. The lowest BCUT2D eigenvalue weighted by Crippen LogP contribution is -2.31. The second-order valence-corrected chi connectivity index (χ2v) is 7.35. The van der Waals surface area contributed by atoms with Gasteiger partial charge >= 0.3 is 0 Å². The predicted octanol–water partition coefficient (Wildman–Crippen LogP) is 3.11. The van der Waals surface area contributed by atoms with Gasteiger partial charge in [0.25, 0.3) is 11.8 Å². The number of nitrogens with one attached hydrogen (secondary N) is 3. The molecule has 0 bridgehead atoms. The quantitative estimate of drug-likeness (QED) is 0.685. The van der Waals surface area contributed by atoms with Gasteiger partial charge in [-0.05, 0) is 55.3 Å². The van der Waals surface area contributed by atoms with Crippen molar-refractivity contribution < 1.29 is 14.4 Å². The normalized spacial score (nSPS) is 13.8. The Hall–Kier alpha value is -3.35. The van der Waals surface area contributed by atoms with Crippen LogP contribution in [0.1, 0.15) is 46.4 Å². The zero-order chi connectivity index (χ0) is 21.3. The molecule has 1 aliphatic heterocycles. The lowest BCUT2D eigenvalue weighted by atomic mass is 10.1. The van der Waals surface area contributed by atoms with Crippen molar-refractivity contribution in [3.8, 4) is 0 Å². The third-order valence-electron chi connectivity index (χ3n) is 5.11. The number of benzene rings is 2. The third-order valence-corrected chi connectivity index (χ3v) is 5.11. The predicted molar refractivity (Wildman–Crippen MR) is 118 cm³/mol. The highest BCUT2D eigenvalue weighted by Gasteiger charge is 2.17. The SMILES string of the molecule is CNC(=O)c1ccc(NCC(=O)Nc2cccc(C(=O)N3CCCCCC3)c2)cc1. The molecular weight excluding hydrogens is 380 g/mol. The maximum Gasteiger partial charge on any atom is 0.253 e. The van der Waals surface area contributed by atoms with Gasteiger partial charge in [0.15, 0.2) is 0 Å². The molecular formula is C23H28N4O3. The second-order valence-electron chi connectivity index (χ2n) is 7.35. The highest BCUT2D eigenvalue weighted by Crippen LogP contribution is 2.17. The lowest BCUT2D eigenvalue weighted by molar-refractivity contribution is -0.114. The van der Waals surface area contributed by atoms with Crippen molar-refractivity contribution in [1.29, 1.82) is 0 Å². The van der Waals surface area contributed by atoms with Crippen LogP contribution < -0.4 is 16.0 Å². The highest BCUT2D eigenvalue weighted by atomic mass is 16.2. The Kier molecular flexibility index (Phi) is 7.43. The van der Waals surface area contributed by atoms with Crippen LogP contribution in [0.4, 0.5) is 11.4 Å². The molecule has 1 saturated heterocycles. The summed E-state index contributed by atoms with van der Waals surface area (Å²) in [7, 11) is 1.58. The fraction of sp³-hybridized carbons (Fsp3) is 0.348. The molecule has 158 valence electrons. The molecule has 30 heavy (non-hydrogen) atoms. The van der Waals surface area contributed by atoms with E-state index in [-0.39, 0.29) is 24.3 Å². The van der Waals surface area contributed by atoms with Crippen LogP contribution in [0.5, 0.6) is 0 Å². The summed E-state index contributed by atoms with van der Waals surface area (Å²) in [5.74, 6) is -0.360. The van der Waals surface area contributed by atoms with Gasteiger partial charge in [0, 0.05) is 42.6 Å². The van der Waals surface area contributed by atoms with E-state index in [0.29, 0.717) is 16.8 Å². The van der Waals surface area contributed by atoms with Gasteiger partial charge in [-0.1, -0.05) is 18.9 Å². The van der Waals surface area contributed by atoms with E-state index in [0.717, 1.165) is 31.6 Å². The van der Waals surface area contributed by atoms with Gasteiger partial charge in [0.2, 0.25) is 5.91 Å². The highest BCUT2D eigenvalue weighted by molar-refractivity contribution is 5.98. The summed E-state index contributed by atoms with van der Waals surface area (Å²) in [6, 6.07) is 13.9. The average molecular weight is 409 g/mol. The molecule has 7 heteroatoms. The number of hydrogen-bond donors (Lipinski definition) is 3. The fourth-order valence-electron chi connectivity index (χ4n) is 3.46. The van der Waals surface area contributed by atoms with E-state index >= 15 is 0 Å². The minimum atomic E-state index is -0.218. The molecule has 2 aromatic carbocycles. The summed E-state index contributed by atoms with van der Waals surface area (Å²) >= 11 is 0. The summed E-state index contributed by atoms with van der Waals surface area (Å²) in [6.45, 7) is 1.65. The van der Waals surface area contributed by atoms with Crippen LogP contribution in [-0.4, -0.2) is 49.3 Å². The maximum atomic E-state index is 12.8. The van der Waals surface area contributed by atoms with Gasteiger partial charge in [0.1, 0.15) is 0 Å². The van der Waals surface area contributed by atoms with E-state index in [4.69, 9.17) is 0 Å². The van der Waals surface area contributed by atoms with Crippen LogP contribution in [0.2, 0.25) is 0 Å². The first-order valence-corrected chi connectivity index (χ1v) is 10.3. The third kappa shape index (κ3) is 5.83. The molecule has 1 aliphatic rings. The van der Waals surface area contributed by atoms with Crippen molar-refractivity contribution in [3.63, 3.8) is 0 Å². The summed E-state index contributed by atoms with van der Waals surface area (Å²) < 4.78 is 0. The van der Waals surface area contributed by atoms with E-state index in [1.165, 1.54) is 12.8 Å². The standard InChI is InChI=1S/C23H28N4O3/c1-24-22(29)17-9-11-19(12-10-17)25-16-21(28)26-20-8-6-7-18(15-20)23(30)27-13-4-2-3-5-14-27/h6-12,15,25H,2-5,13-14,16H2,1H3,(H,24,29)(H,26,28). The van der Waals surface area contributed by atoms with E-state index in [1.807, 2.05) is 4.90 Å². The Labute approximate surface area is 176 Å². The molecule has 3 N–H and O–H groups in total. The summed E-state index contributed by atoms with van der Waals surface area (Å²) in [5.41, 5.74) is 2.48. The molecule has 3 rings (SSSR count). The topological polar surface area (TPSA) is 90.5 Å². The molecule has 1 heterocycles. The molecule has 7 nitrogen and oxygen atoms in total. The fourth-order valence-corrected chi connectivity index (χ4v) is 3.46.